The third-order valence-corrected chi connectivity index (χ3v) is 5.31. The molecule has 2 aromatic carbocycles. The molecule has 0 aliphatic rings. The van der Waals surface area contributed by atoms with Gasteiger partial charge in [-0.3, -0.25) is 4.79 Å². The van der Waals surface area contributed by atoms with E-state index in [0.29, 0.717) is 12.2 Å². The molecule has 0 bridgehead atoms. The van der Waals surface area contributed by atoms with Gasteiger partial charge in [-0.05, 0) is 36.8 Å². The predicted molar refractivity (Wildman–Crippen MR) is 98.6 cm³/mol. The zero-order valence-corrected chi connectivity index (χ0v) is 15.2. The lowest BCUT2D eigenvalue weighted by Gasteiger charge is -2.17. The predicted octanol–water partition coefficient (Wildman–Crippen LogP) is 1.56. The van der Waals surface area contributed by atoms with Crippen LogP contribution in [0.4, 0.5) is 5.69 Å². The highest BCUT2D eigenvalue weighted by Crippen LogP contribution is 2.10. The van der Waals surface area contributed by atoms with Crippen LogP contribution in [0.2, 0.25) is 0 Å². The van der Waals surface area contributed by atoms with Gasteiger partial charge in [-0.2, -0.15) is 0 Å². The van der Waals surface area contributed by atoms with Crippen LogP contribution in [-0.2, 0) is 21.2 Å². The van der Waals surface area contributed by atoms with Crippen molar-refractivity contribution in [3.05, 3.63) is 59.7 Å². The highest BCUT2D eigenvalue weighted by Gasteiger charge is 2.15. The monoisotopic (exact) mass is 361 g/mol. The lowest BCUT2D eigenvalue weighted by molar-refractivity contribution is -0.129. The van der Waals surface area contributed by atoms with Crippen LogP contribution in [0.1, 0.15) is 11.1 Å². The molecule has 0 fully saturated rings. The summed E-state index contributed by atoms with van der Waals surface area (Å²) in [5.41, 5.74) is 8.13. The number of carbonyl (C=O) groups excluding carboxylic acids is 1. The van der Waals surface area contributed by atoms with E-state index in [1.54, 1.807) is 55.6 Å². The highest BCUT2D eigenvalue weighted by molar-refractivity contribution is 7.89. The number of rotatable bonds is 7. The van der Waals surface area contributed by atoms with E-state index in [-0.39, 0.29) is 23.8 Å². The number of carbonyl (C=O) groups is 1. The SMILES string of the molecule is Cc1ccc(S(=O)(=O)NCCN(C)C(=O)Cc2ccc(N)cc2)cc1. The number of anilines is 1. The van der Waals surface area contributed by atoms with Crippen molar-refractivity contribution >= 4 is 21.6 Å². The Morgan fingerprint density at radius 2 is 1.68 bits per heavy atom. The molecule has 7 heteroatoms. The van der Waals surface area contributed by atoms with Gasteiger partial charge in [0, 0.05) is 25.8 Å². The average Bonchev–Trinajstić information content (AvgIpc) is 2.57. The second-order valence-electron chi connectivity index (χ2n) is 5.94. The molecule has 0 spiro atoms. The van der Waals surface area contributed by atoms with Crippen molar-refractivity contribution in [2.24, 2.45) is 0 Å². The van der Waals surface area contributed by atoms with Crippen molar-refractivity contribution in [1.29, 1.82) is 0 Å². The standard InChI is InChI=1S/C18H23N3O3S/c1-14-3-9-17(10-4-14)25(23,24)20-11-12-21(2)18(22)13-15-5-7-16(19)8-6-15/h3-10,20H,11-13,19H2,1-2H3. The molecule has 0 aliphatic carbocycles. The van der Waals surface area contributed by atoms with Crippen LogP contribution in [0.3, 0.4) is 0 Å². The summed E-state index contributed by atoms with van der Waals surface area (Å²) in [6.07, 6.45) is 0.251. The number of nitrogens with one attached hydrogen (secondary N) is 1. The molecule has 6 nitrogen and oxygen atoms in total. The Bertz CT molecular complexity index is 816. The third kappa shape index (κ3) is 5.58. The number of hydrogen-bond acceptors (Lipinski definition) is 4. The molecule has 2 aromatic rings. The molecule has 134 valence electrons. The number of amides is 1. The minimum Gasteiger partial charge on any atom is -0.399 e. The van der Waals surface area contributed by atoms with Crippen molar-refractivity contribution in [2.75, 3.05) is 25.9 Å². The first kappa shape index (κ1) is 19.0. The summed E-state index contributed by atoms with van der Waals surface area (Å²) in [5, 5.41) is 0. The van der Waals surface area contributed by atoms with Crippen molar-refractivity contribution in [2.45, 2.75) is 18.2 Å². The van der Waals surface area contributed by atoms with E-state index >= 15 is 0 Å². The Hall–Kier alpha value is -2.38. The first-order valence-corrected chi connectivity index (χ1v) is 9.41. The molecule has 3 N–H and O–H groups in total. The Morgan fingerprint density at radius 3 is 2.28 bits per heavy atom. The number of likely N-dealkylation sites (N-methyl/N-ethyl adjacent to an activating group) is 1. The van der Waals surface area contributed by atoms with Gasteiger partial charge >= 0.3 is 0 Å². The summed E-state index contributed by atoms with van der Waals surface area (Å²) >= 11 is 0. The molecule has 25 heavy (non-hydrogen) atoms. The van der Waals surface area contributed by atoms with E-state index in [9.17, 15) is 13.2 Å². The van der Waals surface area contributed by atoms with Gasteiger partial charge in [-0.25, -0.2) is 13.1 Å². The summed E-state index contributed by atoms with van der Waals surface area (Å²) in [6.45, 7) is 2.34. The molecule has 0 saturated carbocycles. The molecule has 1 amide bonds. The van der Waals surface area contributed by atoms with Crippen molar-refractivity contribution in [1.82, 2.24) is 9.62 Å². The zero-order chi connectivity index (χ0) is 18.4. The number of nitrogens with two attached hydrogens (primary N) is 1. The van der Waals surface area contributed by atoms with Crippen molar-refractivity contribution in [3.63, 3.8) is 0 Å². The minimum atomic E-state index is -3.56. The van der Waals surface area contributed by atoms with Gasteiger partial charge in [0.1, 0.15) is 0 Å². The van der Waals surface area contributed by atoms with E-state index in [2.05, 4.69) is 4.72 Å². The van der Waals surface area contributed by atoms with Crippen LogP contribution < -0.4 is 10.5 Å². The summed E-state index contributed by atoms with van der Waals surface area (Å²) < 4.78 is 26.9. The topological polar surface area (TPSA) is 92.5 Å². The average molecular weight is 361 g/mol. The first-order valence-electron chi connectivity index (χ1n) is 7.92. The van der Waals surface area contributed by atoms with Crippen molar-refractivity contribution in [3.8, 4) is 0 Å². The highest BCUT2D eigenvalue weighted by atomic mass is 32.2. The van der Waals surface area contributed by atoms with E-state index in [1.807, 2.05) is 6.92 Å². The van der Waals surface area contributed by atoms with Gasteiger partial charge in [0.15, 0.2) is 0 Å². The van der Waals surface area contributed by atoms with Gasteiger partial charge in [0.2, 0.25) is 15.9 Å². The maximum absolute atomic E-state index is 12.2. The molecule has 2 rings (SSSR count). The second-order valence-corrected chi connectivity index (χ2v) is 7.71. The van der Waals surface area contributed by atoms with Gasteiger partial charge < -0.3 is 10.6 Å². The van der Waals surface area contributed by atoms with E-state index in [1.165, 1.54) is 4.90 Å². The maximum atomic E-state index is 12.2. The van der Waals surface area contributed by atoms with Crippen molar-refractivity contribution < 1.29 is 13.2 Å². The van der Waals surface area contributed by atoms with Crippen LogP contribution in [-0.4, -0.2) is 39.4 Å². The smallest absolute Gasteiger partial charge is 0.240 e. The molecular weight excluding hydrogens is 338 g/mol. The molecule has 0 aliphatic heterocycles. The molecule has 0 atom stereocenters. The lowest BCUT2D eigenvalue weighted by Crippen LogP contribution is -2.36. The van der Waals surface area contributed by atoms with E-state index in [0.717, 1.165) is 11.1 Å². The molecule has 0 aromatic heterocycles. The van der Waals surface area contributed by atoms with Gasteiger partial charge in [0.25, 0.3) is 0 Å². The van der Waals surface area contributed by atoms with Gasteiger partial charge in [0.05, 0.1) is 11.3 Å². The first-order chi connectivity index (χ1) is 11.8. The zero-order valence-electron chi connectivity index (χ0n) is 14.4. The largest absolute Gasteiger partial charge is 0.399 e. The molecule has 0 heterocycles. The lowest BCUT2D eigenvalue weighted by atomic mass is 10.1. The fourth-order valence-electron chi connectivity index (χ4n) is 2.22. The molecule has 0 saturated heterocycles. The van der Waals surface area contributed by atoms with Gasteiger partial charge in [-0.1, -0.05) is 29.8 Å². The molecular formula is C18H23N3O3S. The van der Waals surface area contributed by atoms with Gasteiger partial charge in [-0.15, -0.1) is 0 Å². The Labute approximate surface area is 148 Å². The maximum Gasteiger partial charge on any atom is 0.240 e. The third-order valence-electron chi connectivity index (χ3n) is 3.83. The summed E-state index contributed by atoms with van der Waals surface area (Å²) in [6, 6.07) is 13.7. The number of aryl methyl sites for hydroxylation is 1. The summed E-state index contributed by atoms with van der Waals surface area (Å²) in [4.78, 5) is 13.9. The van der Waals surface area contributed by atoms with Crippen LogP contribution in [0.25, 0.3) is 0 Å². The Balaban J connectivity index is 1.84. The van der Waals surface area contributed by atoms with Crippen LogP contribution in [0, 0.1) is 6.92 Å². The Morgan fingerprint density at radius 1 is 1.08 bits per heavy atom. The van der Waals surface area contributed by atoms with Crippen LogP contribution in [0.15, 0.2) is 53.4 Å². The quantitative estimate of drug-likeness (QED) is 0.732. The minimum absolute atomic E-state index is 0.0840. The summed E-state index contributed by atoms with van der Waals surface area (Å²) in [7, 11) is -1.91. The van der Waals surface area contributed by atoms with E-state index in [4.69, 9.17) is 5.73 Å². The molecule has 0 radical (unpaired) electrons. The normalized spacial score (nSPS) is 11.3. The molecule has 0 unspecified atom stereocenters. The van der Waals surface area contributed by atoms with Crippen LogP contribution >= 0.6 is 0 Å². The number of nitrogens with zero attached hydrogens (tertiary/aromatic N) is 1. The fourth-order valence-corrected chi connectivity index (χ4v) is 3.24. The summed E-state index contributed by atoms with van der Waals surface area (Å²) in [5.74, 6) is -0.0840. The second kappa shape index (κ2) is 8.13. The number of sulfonamides is 1. The fraction of sp³-hybridized carbons (Fsp3) is 0.278. The number of hydrogen-bond donors (Lipinski definition) is 2. The number of nitrogen functional groups attached to an aromatic ring is 1. The Kier molecular flexibility index (Phi) is 6.17. The van der Waals surface area contributed by atoms with Crippen LogP contribution in [0.5, 0.6) is 0 Å². The number of benzene rings is 2. The van der Waals surface area contributed by atoms with E-state index < -0.39 is 10.0 Å².